The van der Waals surface area contributed by atoms with Crippen molar-refractivity contribution in [3.63, 3.8) is 0 Å². The number of anilines is 2. The lowest BCUT2D eigenvalue weighted by atomic mass is 10.1. The van der Waals surface area contributed by atoms with E-state index in [0.717, 1.165) is 0 Å². The highest BCUT2D eigenvalue weighted by atomic mass is 16.4. The van der Waals surface area contributed by atoms with Crippen molar-refractivity contribution in [3.05, 3.63) is 0 Å². The third kappa shape index (κ3) is 2.07. The highest BCUT2D eigenvalue weighted by Crippen LogP contribution is 2.58. The summed E-state index contributed by atoms with van der Waals surface area (Å²) in [7, 11) is 0. The van der Waals surface area contributed by atoms with E-state index in [4.69, 9.17) is 0 Å². The predicted molar refractivity (Wildman–Crippen MR) is 72.8 cm³/mol. The first-order chi connectivity index (χ1) is 10.6. The van der Waals surface area contributed by atoms with Crippen LogP contribution in [-0.4, -0.2) is 51.1 Å². The minimum absolute atomic E-state index is 0.895. The van der Waals surface area contributed by atoms with Gasteiger partial charge in [0.25, 0.3) is 0 Å². The van der Waals surface area contributed by atoms with Gasteiger partial charge in [0.05, 0.1) is 0 Å². The third-order valence-electron chi connectivity index (χ3n) is 2.99. The summed E-state index contributed by atoms with van der Waals surface area (Å²) >= 11 is 0. The van der Waals surface area contributed by atoms with Gasteiger partial charge in [-0.1, -0.05) is 0 Å². The van der Waals surface area contributed by atoms with E-state index in [1.54, 1.807) is 0 Å². The average molecular weight is 329 g/mol. The van der Waals surface area contributed by atoms with Crippen molar-refractivity contribution in [1.82, 2.24) is 0 Å². The molecule has 2 rings (SSSR count). The van der Waals surface area contributed by atoms with Crippen LogP contribution in [0.5, 0.6) is 57.5 Å². The van der Waals surface area contributed by atoms with Gasteiger partial charge in [-0.25, -0.2) is 0 Å². The fraction of sp³-hybridized carbons (Fsp3) is 0. The van der Waals surface area contributed by atoms with Crippen LogP contribution in [0.25, 0.3) is 0 Å². The Kier molecular flexibility index (Phi) is 3.33. The molecule has 2 aromatic rings. The molecule has 0 bridgehead atoms. The quantitative estimate of drug-likeness (QED) is 0.269. The Morgan fingerprint density at radius 3 is 0.696 bits per heavy atom. The Labute approximate surface area is 126 Å². The van der Waals surface area contributed by atoms with Gasteiger partial charge < -0.3 is 56.4 Å². The van der Waals surface area contributed by atoms with Crippen LogP contribution < -0.4 is 5.32 Å². The molecule has 0 atom stereocenters. The van der Waals surface area contributed by atoms with E-state index < -0.39 is 68.9 Å². The smallest absolute Gasteiger partial charge is 0.208 e. The number of phenols is 10. The zero-order valence-corrected chi connectivity index (χ0v) is 11.0. The number of rotatable bonds is 2. The molecule has 0 fully saturated rings. The van der Waals surface area contributed by atoms with Crippen LogP contribution in [0.1, 0.15) is 0 Å². The molecule has 23 heavy (non-hydrogen) atoms. The van der Waals surface area contributed by atoms with Crippen LogP contribution in [0.2, 0.25) is 0 Å². The Morgan fingerprint density at radius 1 is 0.304 bits per heavy atom. The van der Waals surface area contributed by atoms with E-state index in [1.165, 1.54) is 0 Å². The maximum Gasteiger partial charge on any atom is 0.208 e. The molecule has 0 amide bonds. The standard InChI is InChI=1S/C12H11NO10/c14-3-1(4(15)8(19)11(22)7(3)18)13-2-5(16)9(20)12(23)10(21)6(2)17/h13-23H. The molecule has 11 N–H and O–H groups in total. The zero-order valence-electron chi connectivity index (χ0n) is 11.0. The number of hydrogen-bond donors (Lipinski definition) is 11. The molecule has 2 aromatic carbocycles. The van der Waals surface area contributed by atoms with Crippen molar-refractivity contribution >= 4 is 11.4 Å². The molecular weight excluding hydrogens is 318 g/mol. The number of nitrogens with one attached hydrogen (secondary N) is 1. The van der Waals surface area contributed by atoms with E-state index in [9.17, 15) is 51.1 Å². The molecule has 0 heterocycles. The van der Waals surface area contributed by atoms with Crippen LogP contribution in [0.4, 0.5) is 11.4 Å². The molecular formula is C12H11NO10. The van der Waals surface area contributed by atoms with Gasteiger partial charge in [-0.2, -0.15) is 0 Å². The van der Waals surface area contributed by atoms with Gasteiger partial charge in [-0.05, 0) is 0 Å². The number of phenolic OH excluding ortho intramolecular Hbond substituents is 10. The summed E-state index contributed by atoms with van der Waals surface area (Å²) in [5.41, 5.74) is -1.79. The SMILES string of the molecule is Oc1c(O)c(O)c(Nc2c(O)c(O)c(O)c(O)c2O)c(O)c1O. The molecule has 11 heteroatoms. The van der Waals surface area contributed by atoms with E-state index in [-0.39, 0.29) is 0 Å². The highest BCUT2D eigenvalue weighted by molar-refractivity contribution is 5.88. The Bertz CT molecular complexity index is 691. The maximum atomic E-state index is 9.64. The lowest BCUT2D eigenvalue weighted by Gasteiger charge is -2.17. The highest BCUT2D eigenvalue weighted by Gasteiger charge is 2.28. The van der Waals surface area contributed by atoms with Crippen LogP contribution in [-0.2, 0) is 0 Å². The first kappa shape index (κ1) is 15.6. The molecule has 0 spiro atoms. The van der Waals surface area contributed by atoms with Crippen LogP contribution in [0.15, 0.2) is 0 Å². The number of aromatic hydroxyl groups is 10. The lowest BCUT2D eigenvalue weighted by Crippen LogP contribution is -1.95. The van der Waals surface area contributed by atoms with E-state index in [2.05, 4.69) is 0 Å². The number of benzene rings is 2. The summed E-state index contributed by atoms with van der Waals surface area (Å²) in [6.45, 7) is 0. The third-order valence-corrected chi connectivity index (χ3v) is 2.99. The summed E-state index contributed by atoms with van der Waals surface area (Å²) in [5, 5.41) is 96.5. The maximum absolute atomic E-state index is 9.64. The van der Waals surface area contributed by atoms with Gasteiger partial charge >= 0.3 is 0 Å². The van der Waals surface area contributed by atoms with Gasteiger partial charge in [-0.3, -0.25) is 0 Å². The fourth-order valence-electron chi connectivity index (χ4n) is 1.73. The van der Waals surface area contributed by atoms with E-state index in [0.29, 0.717) is 0 Å². The molecule has 124 valence electrons. The molecule has 0 aromatic heterocycles. The summed E-state index contributed by atoms with van der Waals surface area (Å²) in [5.74, 6) is -12.2. The van der Waals surface area contributed by atoms with Crippen molar-refractivity contribution < 1.29 is 51.1 Å². The molecule has 0 unspecified atom stereocenters. The van der Waals surface area contributed by atoms with Gasteiger partial charge in [-0.15, -0.1) is 0 Å². The van der Waals surface area contributed by atoms with Gasteiger partial charge in [0, 0.05) is 0 Å². The fourth-order valence-corrected chi connectivity index (χ4v) is 1.73. The normalized spacial score (nSPS) is 10.6. The summed E-state index contributed by atoms with van der Waals surface area (Å²) < 4.78 is 0. The zero-order chi connectivity index (χ0) is 17.6. The van der Waals surface area contributed by atoms with Crippen LogP contribution >= 0.6 is 0 Å². The van der Waals surface area contributed by atoms with Crippen molar-refractivity contribution in [2.75, 3.05) is 5.32 Å². The van der Waals surface area contributed by atoms with Crippen molar-refractivity contribution in [1.29, 1.82) is 0 Å². The molecule has 0 saturated carbocycles. The van der Waals surface area contributed by atoms with E-state index >= 15 is 0 Å². The second kappa shape index (κ2) is 4.91. The minimum Gasteiger partial charge on any atom is -0.503 e. The first-order valence-corrected chi connectivity index (χ1v) is 5.74. The molecule has 11 nitrogen and oxygen atoms in total. The Hall–Kier alpha value is -3.76. The molecule has 0 aliphatic carbocycles. The predicted octanol–water partition coefficient (Wildman–Crippen LogP) is 0.486. The van der Waals surface area contributed by atoms with E-state index in [1.807, 2.05) is 5.32 Å². The Morgan fingerprint density at radius 2 is 0.478 bits per heavy atom. The summed E-state index contributed by atoms with van der Waals surface area (Å²) in [6.07, 6.45) is 0. The molecule has 0 aliphatic rings. The largest absolute Gasteiger partial charge is 0.503 e. The monoisotopic (exact) mass is 329 g/mol. The van der Waals surface area contributed by atoms with Crippen LogP contribution in [0, 0.1) is 0 Å². The van der Waals surface area contributed by atoms with Gasteiger partial charge in [0.15, 0.2) is 23.0 Å². The number of hydrogen-bond acceptors (Lipinski definition) is 11. The van der Waals surface area contributed by atoms with Crippen molar-refractivity contribution in [3.8, 4) is 57.5 Å². The van der Waals surface area contributed by atoms with Crippen molar-refractivity contribution in [2.24, 2.45) is 0 Å². The molecule has 0 aliphatic heterocycles. The average Bonchev–Trinajstić information content (AvgIpc) is 2.54. The van der Waals surface area contributed by atoms with Crippen molar-refractivity contribution in [2.45, 2.75) is 0 Å². The minimum atomic E-state index is -1.24. The summed E-state index contributed by atoms with van der Waals surface area (Å²) in [6, 6.07) is 0. The van der Waals surface area contributed by atoms with Gasteiger partial charge in [0.2, 0.25) is 34.5 Å². The molecule has 0 radical (unpaired) electrons. The van der Waals surface area contributed by atoms with Crippen LogP contribution in [0.3, 0.4) is 0 Å². The lowest BCUT2D eigenvalue weighted by molar-refractivity contribution is 0.328. The summed E-state index contributed by atoms with van der Waals surface area (Å²) in [4.78, 5) is 0. The topological polar surface area (TPSA) is 214 Å². The second-order valence-corrected chi connectivity index (χ2v) is 4.36. The second-order valence-electron chi connectivity index (χ2n) is 4.36. The first-order valence-electron chi connectivity index (χ1n) is 5.74. The molecule has 0 saturated heterocycles. The Balaban J connectivity index is 2.71. The van der Waals surface area contributed by atoms with Gasteiger partial charge in [0.1, 0.15) is 11.4 Å².